The van der Waals surface area contributed by atoms with Gasteiger partial charge in [-0.15, -0.1) is 0 Å². The summed E-state index contributed by atoms with van der Waals surface area (Å²) < 4.78 is 1.36. The van der Waals surface area contributed by atoms with Crippen LogP contribution in [0.2, 0.25) is 5.32 Å². The molecule has 0 unspecified atom stereocenters. The third kappa shape index (κ3) is 2.17. The maximum atomic E-state index is 12.6. The minimum atomic E-state index is -0.545. The Morgan fingerprint density at radius 1 is 1.26 bits per heavy atom. The number of urea groups is 1. The monoisotopic (exact) mass is 378 g/mol. The summed E-state index contributed by atoms with van der Waals surface area (Å²) in [5, 5.41) is 3.59. The molecular formula is C18H22N2O2Se. The SMILES string of the molecule is C[C@@]1(C[Se]c2ccccc2)C[C@@H]2CCCC[C@@]23C(=O)NC(=O)N13. The molecule has 2 aliphatic heterocycles. The molecule has 1 spiro atoms. The Bertz CT molecular complexity index is 650. The second-order valence-electron chi connectivity index (χ2n) is 7.26. The van der Waals surface area contributed by atoms with E-state index in [0.29, 0.717) is 20.9 Å². The van der Waals surface area contributed by atoms with Gasteiger partial charge in [-0.25, -0.2) is 0 Å². The van der Waals surface area contributed by atoms with Crippen LogP contribution in [0.4, 0.5) is 4.79 Å². The summed E-state index contributed by atoms with van der Waals surface area (Å²) >= 11 is 0.316. The van der Waals surface area contributed by atoms with E-state index in [0.717, 1.165) is 31.0 Å². The number of nitrogens with zero attached hydrogens (tertiary/aromatic N) is 1. The summed E-state index contributed by atoms with van der Waals surface area (Å²) in [4.78, 5) is 27.1. The van der Waals surface area contributed by atoms with Gasteiger partial charge in [0.1, 0.15) is 0 Å². The first kappa shape index (κ1) is 15.2. The van der Waals surface area contributed by atoms with Crippen molar-refractivity contribution >= 4 is 31.4 Å². The number of nitrogens with one attached hydrogen (secondary N) is 1. The van der Waals surface area contributed by atoms with Gasteiger partial charge in [0.25, 0.3) is 0 Å². The number of benzene rings is 1. The van der Waals surface area contributed by atoms with Crippen LogP contribution in [-0.2, 0) is 4.79 Å². The molecule has 3 fully saturated rings. The number of rotatable bonds is 3. The zero-order valence-electron chi connectivity index (χ0n) is 13.4. The van der Waals surface area contributed by atoms with E-state index < -0.39 is 5.54 Å². The summed E-state index contributed by atoms with van der Waals surface area (Å²) in [6, 6.07) is 10.3. The van der Waals surface area contributed by atoms with E-state index in [1.807, 2.05) is 11.0 Å². The van der Waals surface area contributed by atoms with Crippen molar-refractivity contribution in [3.05, 3.63) is 30.3 Å². The van der Waals surface area contributed by atoms with Crippen molar-refractivity contribution in [2.45, 2.75) is 55.4 Å². The van der Waals surface area contributed by atoms with Crippen LogP contribution in [0.3, 0.4) is 0 Å². The molecule has 3 amide bonds. The first-order chi connectivity index (χ1) is 11.1. The summed E-state index contributed by atoms with van der Waals surface area (Å²) in [5.74, 6) is 0.294. The molecule has 3 aliphatic rings. The molecule has 2 saturated heterocycles. The van der Waals surface area contributed by atoms with E-state index in [1.165, 1.54) is 10.9 Å². The molecule has 23 heavy (non-hydrogen) atoms. The fourth-order valence-corrected chi connectivity index (χ4v) is 7.12. The second kappa shape index (κ2) is 5.35. The van der Waals surface area contributed by atoms with Crippen molar-refractivity contribution in [2.24, 2.45) is 5.92 Å². The Hall–Kier alpha value is -1.32. The number of amides is 3. The fourth-order valence-electron chi connectivity index (χ4n) is 4.86. The zero-order valence-corrected chi connectivity index (χ0v) is 15.1. The number of imide groups is 1. The number of hydrogen-bond donors (Lipinski definition) is 1. The second-order valence-corrected chi connectivity index (χ2v) is 9.46. The third-order valence-corrected chi connectivity index (χ3v) is 8.65. The van der Waals surface area contributed by atoms with E-state index in [4.69, 9.17) is 0 Å². The van der Waals surface area contributed by atoms with Crippen molar-refractivity contribution in [3.63, 3.8) is 0 Å². The Labute approximate surface area is 143 Å². The molecule has 1 aromatic carbocycles. The topological polar surface area (TPSA) is 49.4 Å². The summed E-state index contributed by atoms with van der Waals surface area (Å²) in [6.45, 7) is 2.19. The van der Waals surface area contributed by atoms with Crippen LogP contribution in [-0.4, -0.2) is 42.9 Å². The maximum absolute atomic E-state index is 12.6. The van der Waals surface area contributed by atoms with Crippen LogP contribution in [0.25, 0.3) is 0 Å². The van der Waals surface area contributed by atoms with E-state index in [9.17, 15) is 9.59 Å². The molecule has 122 valence electrons. The standard InChI is InChI=1S/C18H22N2O2Se/c1-17(12-23-14-8-3-2-4-9-14)11-13-7-5-6-10-18(13)15(21)19-16(22)20(17)18/h2-4,8-9,13H,5-7,10-12H2,1H3,(H,19,21,22)/t13-,17-,18-/m0/s1. The minimum absolute atomic E-state index is 0.0388. The molecule has 0 aromatic heterocycles. The molecule has 1 N–H and O–H groups in total. The average molecular weight is 377 g/mol. The van der Waals surface area contributed by atoms with Crippen LogP contribution in [0.5, 0.6) is 0 Å². The molecule has 1 aliphatic carbocycles. The first-order valence-corrected chi connectivity index (χ1v) is 10.5. The van der Waals surface area contributed by atoms with Gasteiger partial charge in [-0.1, -0.05) is 0 Å². The molecule has 5 heteroatoms. The van der Waals surface area contributed by atoms with Gasteiger partial charge in [0.15, 0.2) is 0 Å². The van der Waals surface area contributed by atoms with Crippen LogP contribution in [0, 0.1) is 5.92 Å². The summed E-state index contributed by atoms with van der Waals surface area (Å²) in [5.41, 5.74) is -0.738. The van der Waals surface area contributed by atoms with E-state index in [2.05, 4.69) is 36.5 Å². The van der Waals surface area contributed by atoms with Crippen molar-refractivity contribution in [3.8, 4) is 0 Å². The third-order valence-electron chi connectivity index (χ3n) is 5.77. The fraction of sp³-hybridized carbons (Fsp3) is 0.556. The van der Waals surface area contributed by atoms with Crippen molar-refractivity contribution in [1.82, 2.24) is 10.2 Å². The van der Waals surface area contributed by atoms with Gasteiger partial charge in [-0.05, 0) is 0 Å². The predicted octanol–water partition coefficient (Wildman–Crippen LogP) is 2.08. The van der Waals surface area contributed by atoms with Gasteiger partial charge in [0.05, 0.1) is 0 Å². The Morgan fingerprint density at radius 2 is 2.04 bits per heavy atom. The molecular weight excluding hydrogens is 355 g/mol. The van der Waals surface area contributed by atoms with Crippen molar-refractivity contribution < 1.29 is 9.59 Å². The van der Waals surface area contributed by atoms with Gasteiger partial charge in [0.2, 0.25) is 0 Å². The van der Waals surface area contributed by atoms with E-state index in [-0.39, 0.29) is 17.5 Å². The summed E-state index contributed by atoms with van der Waals surface area (Å²) in [7, 11) is 0. The molecule has 4 rings (SSSR count). The van der Waals surface area contributed by atoms with Gasteiger partial charge in [0, 0.05) is 0 Å². The Balaban J connectivity index is 1.64. The molecule has 0 radical (unpaired) electrons. The predicted molar refractivity (Wildman–Crippen MR) is 89.7 cm³/mol. The van der Waals surface area contributed by atoms with Crippen LogP contribution >= 0.6 is 0 Å². The van der Waals surface area contributed by atoms with Crippen molar-refractivity contribution in [2.75, 3.05) is 0 Å². The number of hydrogen-bond acceptors (Lipinski definition) is 2. The van der Waals surface area contributed by atoms with E-state index >= 15 is 0 Å². The average Bonchev–Trinajstić information content (AvgIpc) is 2.97. The number of carbonyl (C=O) groups excluding carboxylic acids is 2. The molecule has 2 heterocycles. The number of carbonyl (C=O) groups is 2. The van der Waals surface area contributed by atoms with E-state index in [1.54, 1.807) is 0 Å². The normalized spacial score (nSPS) is 35.9. The Kier molecular flexibility index (Phi) is 3.54. The molecule has 1 aromatic rings. The van der Waals surface area contributed by atoms with Crippen LogP contribution < -0.4 is 9.78 Å². The molecule has 3 atom stereocenters. The van der Waals surface area contributed by atoms with Gasteiger partial charge in [-0.3, -0.25) is 0 Å². The van der Waals surface area contributed by atoms with Crippen LogP contribution in [0.15, 0.2) is 30.3 Å². The first-order valence-electron chi connectivity index (χ1n) is 8.40. The van der Waals surface area contributed by atoms with Crippen LogP contribution in [0.1, 0.15) is 39.0 Å². The summed E-state index contributed by atoms with van der Waals surface area (Å²) in [6.07, 6.45) is 5.12. The van der Waals surface area contributed by atoms with Crippen molar-refractivity contribution in [1.29, 1.82) is 0 Å². The molecule has 1 saturated carbocycles. The van der Waals surface area contributed by atoms with Gasteiger partial charge >= 0.3 is 143 Å². The molecule has 4 nitrogen and oxygen atoms in total. The quantitative estimate of drug-likeness (QED) is 0.648. The van der Waals surface area contributed by atoms with Gasteiger partial charge < -0.3 is 0 Å². The Morgan fingerprint density at radius 3 is 2.83 bits per heavy atom. The molecule has 0 bridgehead atoms. The zero-order chi connectivity index (χ0) is 16.1. The van der Waals surface area contributed by atoms with Gasteiger partial charge in [-0.2, -0.15) is 0 Å².